The van der Waals surface area contributed by atoms with Crippen molar-refractivity contribution in [2.24, 2.45) is 0 Å². The van der Waals surface area contributed by atoms with E-state index in [1.54, 1.807) is 0 Å². The lowest BCUT2D eigenvalue weighted by molar-refractivity contribution is 0.670. The SMILES string of the molecule is c1ccc(-c2nc(-c3ccc4ccccc4c3)nc(-c3ccc(-c4ccc(-c5cccc6ccccc56)cc4)c4oc5cc6ccccc6cc5c34)n2)cc1. The van der Waals surface area contributed by atoms with E-state index in [1.165, 1.54) is 27.3 Å². The fraction of sp³-hybridized carbons (Fsp3) is 0. The van der Waals surface area contributed by atoms with Crippen molar-refractivity contribution in [3.05, 3.63) is 188 Å². The van der Waals surface area contributed by atoms with Gasteiger partial charge in [0.1, 0.15) is 11.2 Å². The highest BCUT2D eigenvalue weighted by molar-refractivity contribution is 6.18. The summed E-state index contributed by atoms with van der Waals surface area (Å²) in [4.78, 5) is 15.4. The Morgan fingerprint density at radius 2 is 0.873 bits per heavy atom. The van der Waals surface area contributed by atoms with E-state index in [2.05, 4.69) is 158 Å². The monoisotopic (exact) mass is 701 g/mol. The highest BCUT2D eigenvalue weighted by atomic mass is 16.3. The van der Waals surface area contributed by atoms with Gasteiger partial charge in [-0.3, -0.25) is 0 Å². The summed E-state index contributed by atoms with van der Waals surface area (Å²) in [6.07, 6.45) is 0. The van der Waals surface area contributed by atoms with E-state index >= 15 is 0 Å². The highest BCUT2D eigenvalue weighted by Gasteiger charge is 2.21. The first-order valence-corrected chi connectivity index (χ1v) is 18.5. The lowest BCUT2D eigenvalue weighted by Crippen LogP contribution is -2.00. The Morgan fingerprint density at radius 3 is 1.65 bits per heavy atom. The summed E-state index contributed by atoms with van der Waals surface area (Å²) in [6, 6.07) is 65.8. The summed E-state index contributed by atoms with van der Waals surface area (Å²) in [5, 5.41) is 9.04. The third-order valence-corrected chi connectivity index (χ3v) is 10.7. The Bertz CT molecular complexity index is 3250. The second-order valence-corrected chi connectivity index (χ2v) is 14.0. The summed E-state index contributed by atoms with van der Waals surface area (Å²) in [5.74, 6) is 1.83. The predicted molar refractivity (Wildman–Crippen MR) is 227 cm³/mol. The molecule has 0 saturated carbocycles. The molecule has 55 heavy (non-hydrogen) atoms. The highest BCUT2D eigenvalue weighted by Crippen LogP contribution is 2.43. The van der Waals surface area contributed by atoms with Crippen LogP contribution in [0, 0.1) is 0 Å². The van der Waals surface area contributed by atoms with Crippen molar-refractivity contribution in [2.45, 2.75) is 0 Å². The van der Waals surface area contributed by atoms with Crippen molar-refractivity contribution in [3.8, 4) is 56.4 Å². The molecule has 4 nitrogen and oxygen atoms in total. The molecule has 0 amide bonds. The molecule has 0 radical (unpaired) electrons. The molecule has 4 heteroatoms. The number of fused-ring (bicyclic) bond motifs is 6. The number of rotatable bonds is 5. The zero-order valence-corrected chi connectivity index (χ0v) is 29.6. The molecule has 2 heterocycles. The quantitative estimate of drug-likeness (QED) is 0.179. The Balaban J connectivity index is 1.14. The van der Waals surface area contributed by atoms with Crippen molar-refractivity contribution >= 4 is 54.3 Å². The molecule has 11 rings (SSSR count). The van der Waals surface area contributed by atoms with E-state index in [0.717, 1.165) is 65.9 Å². The maximum absolute atomic E-state index is 6.89. The molecule has 0 N–H and O–H groups in total. The molecule has 0 unspecified atom stereocenters. The normalized spacial score (nSPS) is 11.6. The molecule has 256 valence electrons. The summed E-state index contributed by atoms with van der Waals surface area (Å²) in [6.45, 7) is 0. The van der Waals surface area contributed by atoms with Crippen molar-refractivity contribution < 1.29 is 4.42 Å². The average Bonchev–Trinajstić information content (AvgIpc) is 3.63. The number of nitrogens with zero attached hydrogens (tertiary/aromatic N) is 3. The van der Waals surface area contributed by atoms with Gasteiger partial charge >= 0.3 is 0 Å². The van der Waals surface area contributed by atoms with Gasteiger partial charge in [0.05, 0.1) is 0 Å². The summed E-state index contributed by atoms with van der Waals surface area (Å²) in [5.41, 5.74) is 8.84. The Hall–Kier alpha value is -7.43. The number of furan rings is 1. The van der Waals surface area contributed by atoms with Gasteiger partial charge in [-0.2, -0.15) is 0 Å². The fourth-order valence-corrected chi connectivity index (χ4v) is 7.96. The molecule has 0 spiro atoms. The molecule has 0 atom stereocenters. The summed E-state index contributed by atoms with van der Waals surface area (Å²) < 4.78 is 6.89. The zero-order valence-electron chi connectivity index (χ0n) is 29.6. The molecule has 0 aliphatic carbocycles. The van der Waals surface area contributed by atoms with Crippen LogP contribution in [0.1, 0.15) is 0 Å². The van der Waals surface area contributed by atoms with Gasteiger partial charge in [-0.1, -0.05) is 158 Å². The second-order valence-electron chi connectivity index (χ2n) is 14.0. The lowest BCUT2D eigenvalue weighted by Gasteiger charge is -2.12. The van der Waals surface area contributed by atoms with Crippen molar-refractivity contribution in [1.29, 1.82) is 0 Å². The van der Waals surface area contributed by atoms with Crippen molar-refractivity contribution in [2.75, 3.05) is 0 Å². The van der Waals surface area contributed by atoms with E-state index in [4.69, 9.17) is 19.4 Å². The summed E-state index contributed by atoms with van der Waals surface area (Å²) >= 11 is 0. The minimum absolute atomic E-state index is 0.593. The largest absolute Gasteiger partial charge is 0.455 e. The smallest absolute Gasteiger partial charge is 0.164 e. The fourth-order valence-electron chi connectivity index (χ4n) is 7.96. The second kappa shape index (κ2) is 12.6. The van der Waals surface area contributed by atoms with Gasteiger partial charge in [0, 0.05) is 33.0 Å². The molecule has 11 aromatic rings. The molecule has 0 saturated heterocycles. The van der Waals surface area contributed by atoms with Gasteiger partial charge in [-0.15, -0.1) is 0 Å². The average molecular weight is 702 g/mol. The first-order valence-electron chi connectivity index (χ1n) is 18.5. The van der Waals surface area contributed by atoms with Crippen LogP contribution >= 0.6 is 0 Å². The van der Waals surface area contributed by atoms with E-state index in [9.17, 15) is 0 Å². The summed E-state index contributed by atoms with van der Waals surface area (Å²) in [7, 11) is 0. The van der Waals surface area contributed by atoms with E-state index in [0.29, 0.717) is 17.5 Å². The Morgan fingerprint density at radius 1 is 0.309 bits per heavy atom. The van der Waals surface area contributed by atoms with Gasteiger partial charge in [0.2, 0.25) is 0 Å². The van der Waals surface area contributed by atoms with Gasteiger partial charge in [-0.25, -0.2) is 15.0 Å². The Kier molecular flexibility index (Phi) is 7.14. The molecular formula is C51H31N3O. The zero-order chi connectivity index (χ0) is 36.3. The van der Waals surface area contributed by atoms with Crippen LogP contribution in [0.15, 0.2) is 192 Å². The molecule has 9 aromatic carbocycles. The van der Waals surface area contributed by atoms with Crippen LogP contribution in [0.5, 0.6) is 0 Å². The molecule has 0 aliphatic rings. The maximum Gasteiger partial charge on any atom is 0.164 e. The molecular weight excluding hydrogens is 671 g/mol. The Labute approximate surface area is 317 Å². The number of hydrogen-bond donors (Lipinski definition) is 0. The standard InChI is InChI=1S/C51H31N3O/c1-2-13-36(14-3-1)49-52-50(40-26-21-32-11-4-5-15-37(32)29-40)54-51(53-49)44-28-27-43(48-47(44)45-30-38-16-6-7-17-39(38)31-46(45)55-48)35-24-22-34(23-25-35)42-20-10-18-33-12-8-9-19-41(33)42/h1-31H. The van der Waals surface area contributed by atoms with Crippen molar-refractivity contribution in [1.82, 2.24) is 15.0 Å². The molecule has 2 aromatic heterocycles. The van der Waals surface area contributed by atoms with Gasteiger partial charge in [0.25, 0.3) is 0 Å². The van der Waals surface area contributed by atoms with Gasteiger partial charge in [0.15, 0.2) is 17.5 Å². The molecule has 0 aliphatic heterocycles. The first-order chi connectivity index (χ1) is 27.2. The topological polar surface area (TPSA) is 51.8 Å². The van der Waals surface area contributed by atoms with Crippen LogP contribution in [0.2, 0.25) is 0 Å². The van der Waals surface area contributed by atoms with Crippen LogP contribution < -0.4 is 0 Å². The van der Waals surface area contributed by atoms with E-state index in [-0.39, 0.29) is 0 Å². The number of hydrogen-bond acceptors (Lipinski definition) is 4. The maximum atomic E-state index is 6.89. The minimum atomic E-state index is 0.593. The third-order valence-electron chi connectivity index (χ3n) is 10.7. The van der Waals surface area contributed by atoms with Crippen molar-refractivity contribution in [3.63, 3.8) is 0 Å². The molecule has 0 bridgehead atoms. The van der Waals surface area contributed by atoms with Crippen LogP contribution in [0.3, 0.4) is 0 Å². The number of benzene rings is 9. The third kappa shape index (κ3) is 5.34. The van der Waals surface area contributed by atoms with Crippen LogP contribution in [0.25, 0.3) is 111 Å². The molecule has 0 fully saturated rings. The van der Waals surface area contributed by atoms with Crippen LogP contribution in [-0.4, -0.2) is 15.0 Å². The van der Waals surface area contributed by atoms with E-state index in [1.807, 2.05) is 30.3 Å². The van der Waals surface area contributed by atoms with Crippen LogP contribution in [-0.2, 0) is 0 Å². The lowest BCUT2D eigenvalue weighted by atomic mass is 9.94. The van der Waals surface area contributed by atoms with E-state index < -0.39 is 0 Å². The number of aromatic nitrogens is 3. The minimum Gasteiger partial charge on any atom is -0.455 e. The van der Waals surface area contributed by atoms with Gasteiger partial charge in [-0.05, 0) is 79.3 Å². The van der Waals surface area contributed by atoms with Crippen LogP contribution in [0.4, 0.5) is 0 Å². The predicted octanol–water partition coefficient (Wildman–Crippen LogP) is 13.6. The first kappa shape index (κ1) is 31.1. The van der Waals surface area contributed by atoms with Gasteiger partial charge < -0.3 is 4.42 Å².